The van der Waals surface area contributed by atoms with Crippen molar-refractivity contribution >= 4 is 11.0 Å². The standard InChI is InChI=1S/C15H19N5O/c1-10(2)20-15(17-9-18-20)7-13(19-16)12-8-21-14-6-4-3-5-11(12)14/h3-6,8-10,13,19H,7,16H2,1-2H3. The zero-order valence-corrected chi connectivity index (χ0v) is 12.2. The van der Waals surface area contributed by atoms with Crippen molar-refractivity contribution < 1.29 is 4.42 Å². The topological polar surface area (TPSA) is 81.9 Å². The lowest BCUT2D eigenvalue weighted by Gasteiger charge is -2.16. The molecule has 0 fully saturated rings. The Morgan fingerprint density at radius 1 is 1.33 bits per heavy atom. The number of benzene rings is 1. The molecule has 0 amide bonds. The normalized spacial score (nSPS) is 13.1. The maximum absolute atomic E-state index is 5.75. The van der Waals surface area contributed by atoms with Gasteiger partial charge in [0.1, 0.15) is 17.7 Å². The Labute approximate surface area is 122 Å². The van der Waals surface area contributed by atoms with Gasteiger partial charge in [0, 0.05) is 23.4 Å². The molecule has 3 N–H and O–H groups in total. The minimum absolute atomic E-state index is 0.0738. The Bertz CT molecular complexity index is 730. The lowest BCUT2D eigenvalue weighted by Crippen LogP contribution is -2.30. The van der Waals surface area contributed by atoms with E-state index in [1.54, 1.807) is 12.6 Å². The van der Waals surface area contributed by atoms with Crippen LogP contribution in [0.2, 0.25) is 0 Å². The highest BCUT2D eigenvalue weighted by Crippen LogP contribution is 2.28. The molecule has 6 heteroatoms. The first-order valence-electron chi connectivity index (χ1n) is 7.01. The van der Waals surface area contributed by atoms with E-state index in [0.717, 1.165) is 22.4 Å². The van der Waals surface area contributed by atoms with Gasteiger partial charge in [-0.15, -0.1) is 0 Å². The molecular formula is C15H19N5O. The summed E-state index contributed by atoms with van der Waals surface area (Å²) in [4.78, 5) is 4.34. The van der Waals surface area contributed by atoms with Gasteiger partial charge in [-0.1, -0.05) is 18.2 Å². The van der Waals surface area contributed by atoms with E-state index in [0.29, 0.717) is 6.42 Å². The third-order valence-corrected chi connectivity index (χ3v) is 3.61. The van der Waals surface area contributed by atoms with Gasteiger partial charge in [0.15, 0.2) is 0 Å². The Balaban J connectivity index is 1.93. The number of para-hydroxylation sites is 1. The van der Waals surface area contributed by atoms with Crippen molar-refractivity contribution in [3.8, 4) is 0 Å². The SMILES string of the molecule is CC(C)n1ncnc1CC(NN)c1coc2ccccc12. The summed E-state index contributed by atoms with van der Waals surface area (Å²) in [5.74, 6) is 6.65. The molecule has 1 atom stereocenters. The Hall–Kier alpha value is -2.18. The Kier molecular flexibility index (Phi) is 3.72. The van der Waals surface area contributed by atoms with Crippen molar-refractivity contribution in [3.05, 3.63) is 48.2 Å². The lowest BCUT2D eigenvalue weighted by atomic mass is 10.0. The van der Waals surface area contributed by atoms with Gasteiger partial charge >= 0.3 is 0 Å². The molecule has 0 saturated carbocycles. The molecule has 1 unspecified atom stereocenters. The van der Waals surface area contributed by atoms with E-state index >= 15 is 0 Å². The number of furan rings is 1. The van der Waals surface area contributed by atoms with E-state index in [9.17, 15) is 0 Å². The van der Waals surface area contributed by atoms with Crippen LogP contribution in [0.25, 0.3) is 11.0 Å². The summed E-state index contributed by atoms with van der Waals surface area (Å²) < 4.78 is 7.50. The molecule has 0 aliphatic rings. The maximum Gasteiger partial charge on any atom is 0.138 e. The highest BCUT2D eigenvalue weighted by atomic mass is 16.3. The number of aromatic nitrogens is 3. The summed E-state index contributed by atoms with van der Waals surface area (Å²) in [6.07, 6.45) is 3.99. The van der Waals surface area contributed by atoms with E-state index < -0.39 is 0 Å². The number of hydrogen-bond acceptors (Lipinski definition) is 5. The molecule has 21 heavy (non-hydrogen) atoms. The highest BCUT2D eigenvalue weighted by molar-refractivity contribution is 5.81. The zero-order valence-electron chi connectivity index (χ0n) is 12.2. The molecule has 0 aliphatic heterocycles. The molecule has 0 aliphatic carbocycles. The Morgan fingerprint density at radius 3 is 2.90 bits per heavy atom. The van der Waals surface area contributed by atoms with Gasteiger partial charge in [-0.25, -0.2) is 9.67 Å². The van der Waals surface area contributed by atoms with Crippen LogP contribution in [0.1, 0.15) is 37.3 Å². The van der Waals surface area contributed by atoms with Crippen LogP contribution in [0.15, 0.2) is 41.3 Å². The quantitative estimate of drug-likeness (QED) is 0.555. The van der Waals surface area contributed by atoms with Crippen molar-refractivity contribution in [1.29, 1.82) is 0 Å². The average Bonchev–Trinajstić information content (AvgIpc) is 3.11. The van der Waals surface area contributed by atoms with Gasteiger partial charge in [-0.3, -0.25) is 11.3 Å². The fraction of sp³-hybridized carbons (Fsp3) is 0.333. The predicted octanol–water partition coefficient (Wildman–Crippen LogP) is 2.35. The molecule has 1 aromatic carbocycles. The van der Waals surface area contributed by atoms with E-state index in [1.807, 2.05) is 28.9 Å². The smallest absolute Gasteiger partial charge is 0.138 e. The largest absolute Gasteiger partial charge is 0.464 e. The summed E-state index contributed by atoms with van der Waals surface area (Å²) in [6, 6.07) is 8.12. The fourth-order valence-electron chi connectivity index (χ4n) is 2.56. The van der Waals surface area contributed by atoms with Crippen LogP contribution in [0.4, 0.5) is 0 Å². The van der Waals surface area contributed by atoms with Gasteiger partial charge in [0.2, 0.25) is 0 Å². The molecule has 0 bridgehead atoms. The number of fused-ring (bicyclic) bond motifs is 1. The summed E-state index contributed by atoms with van der Waals surface area (Å²) in [7, 11) is 0. The van der Waals surface area contributed by atoms with Gasteiger partial charge in [-0.05, 0) is 19.9 Å². The summed E-state index contributed by atoms with van der Waals surface area (Å²) in [6.45, 7) is 4.16. The molecule has 110 valence electrons. The van der Waals surface area contributed by atoms with Crippen molar-refractivity contribution in [3.63, 3.8) is 0 Å². The first-order valence-corrected chi connectivity index (χ1v) is 7.01. The number of rotatable bonds is 5. The van der Waals surface area contributed by atoms with Crippen LogP contribution in [0, 0.1) is 0 Å². The fourth-order valence-corrected chi connectivity index (χ4v) is 2.56. The second-order valence-corrected chi connectivity index (χ2v) is 5.33. The van der Waals surface area contributed by atoms with Gasteiger partial charge in [-0.2, -0.15) is 5.10 Å². The van der Waals surface area contributed by atoms with E-state index in [2.05, 4.69) is 29.4 Å². The van der Waals surface area contributed by atoms with Crippen molar-refractivity contribution in [2.75, 3.05) is 0 Å². The lowest BCUT2D eigenvalue weighted by molar-refractivity contribution is 0.466. The summed E-state index contributed by atoms with van der Waals surface area (Å²) in [5.41, 5.74) is 4.75. The molecule has 2 heterocycles. The molecule has 6 nitrogen and oxygen atoms in total. The monoisotopic (exact) mass is 285 g/mol. The number of nitrogens with one attached hydrogen (secondary N) is 1. The van der Waals surface area contributed by atoms with E-state index in [-0.39, 0.29) is 12.1 Å². The molecule has 0 saturated heterocycles. The average molecular weight is 285 g/mol. The van der Waals surface area contributed by atoms with Gasteiger partial charge in [0.05, 0.1) is 12.3 Å². The molecular weight excluding hydrogens is 266 g/mol. The molecule has 0 radical (unpaired) electrons. The second-order valence-electron chi connectivity index (χ2n) is 5.33. The molecule has 3 rings (SSSR count). The van der Waals surface area contributed by atoms with E-state index in [1.165, 1.54) is 0 Å². The predicted molar refractivity (Wildman–Crippen MR) is 80.4 cm³/mol. The third-order valence-electron chi connectivity index (χ3n) is 3.61. The minimum atomic E-state index is -0.0738. The molecule has 0 spiro atoms. The second kappa shape index (κ2) is 5.67. The minimum Gasteiger partial charge on any atom is -0.464 e. The maximum atomic E-state index is 5.75. The van der Waals surface area contributed by atoms with Crippen molar-refractivity contribution in [2.24, 2.45) is 5.84 Å². The number of nitrogens with two attached hydrogens (primary N) is 1. The van der Waals surface area contributed by atoms with Crippen LogP contribution >= 0.6 is 0 Å². The first kappa shape index (κ1) is 13.8. The third kappa shape index (κ3) is 2.55. The van der Waals surface area contributed by atoms with Crippen LogP contribution in [-0.2, 0) is 6.42 Å². The summed E-state index contributed by atoms with van der Waals surface area (Å²) >= 11 is 0. The van der Waals surface area contributed by atoms with Crippen molar-refractivity contribution in [1.82, 2.24) is 20.2 Å². The number of hydrazine groups is 1. The number of hydrogen-bond donors (Lipinski definition) is 2. The Morgan fingerprint density at radius 2 is 2.14 bits per heavy atom. The number of nitrogens with zero attached hydrogens (tertiary/aromatic N) is 3. The van der Waals surface area contributed by atoms with Crippen molar-refractivity contribution in [2.45, 2.75) is 32.4 Å². The zero-order chi connectivity index (χ0) is 14.8. The molecule has 3 aromatic rings. The first-order chi connectivity index (χ1) is 10.2. The van der Waals surface area contributed by atoms with Crippen LogP contribution in [0.3, 0.4) is 0 Å². The van der Waals surface area contributed by atoms with Gasteiger partial charge in [0.25, 0.3) is 0 Å². The van der Waals surface area contributed by atoms with Crippen LogP contribution in [0.5, 0.6) is 0 Å². The van der Waals surface area contributed by atoms with Crippen LogP contribution in [-0.4, -0.2) is 14.8 Å². The molecule has 2 aromatic heterocycles. The van der Waals surface area contributed by atoms with Gasteiger partial charge < -0.3 is 4.42 Å². The highest BCUT2D eigenvalue weighted by Gasteiger charge is 2.19. The van der Waals surface area contributed by atoms with E-state index in [4.69, 9.17) is 10.3 Å². The van der Waals surface area contributed by atoms with Crippen LogP contribution < -0.4 is 11.3 Å². The summed E-state index contributed by atoms with van der Waals surface area (Å²) in [5, 5.41) is 5.33.